The Morgan fingerprint density at radius 3 is 2.44 bits per heavy atom. The van der Waals surface area contributed by atoms with Gasteiger partial charge >= 0.3 is 0 Å². The van der Waals surface area contributed by atoms with Crippen LogP contribution in [0.15, 0.2) is 0 Å². The van der Waals surface area contributed by atoms with Gasteiger partial charge < -0.3 is 10.6 Å². The van der Waals surface area contributed by atoms with Crippen LogP contribution in [0.1, 0.15) is 52.4 Å². The molecule has 0 spiro atoms. The van der Waals surface area contributed by atoms with E-state index in [2.05, 4.69) is 13.8 Å². The van der Waals surface area contributed by atoms with Gasteiger partial charge in [0.1, 0.15) is 0 Å². The number of nitrogens with zero attached hydrogens (tertiary/aromatic N) is 1. The lowest BCUT2D eigenvalue weighted by atomic mass is 9.82. The quantitative estimate of drug-likeness (QED) is 0.783. The lowest BCUT2D eigenvalue weighted by Gasteiger charge is -2.41. The van der Waals surface area contributed by atoms with E-state index >= 15 is 0 Å². The summed E-state index contributed by atoms with van der Waals surface area (Å²) in [6.45, 7) is 5.23. The highest BCUT2D eigenvalue weighted by molar-refractivity contribution is 7.80. The van der Waals surface area contributed by atoms with E-state index in [0.717, 1.165) is 38.6 Å². The summed E-state index contributed by atoms with van der Waals surface area (Å²) in [4.78, 5) is 15.3. The van der Waals surface area contributed by atoms with Crippen molar-refractivity contribution in [2.24, 2.45) is 17.1 Å². The second-order valence-electron chi connectivity index (χ2n) is 6.14. The van der Waals surface area contributed by atoms with Crippen LogP contribution in [0.25, 0.3) is 0 Å². The molecule has 0 aromatic heterocycles. The van der Waals surface area contributed by atoms with Crippen LogP contribution in [-0.2, 0) is 4.79 Å². The van der Waals surface area contributed by atoms with E-state index in [4.69, 9.17) is 18.0 Å². The highest BCUT2D eigenvalue weighted by atomic mass is 32.1. The van der Waals surface area contributed by atoms with E-state index in [1.165, 1.54) is 6.42 Å². The van der Waals surface area contributed by atoms with Crippen molar-refractivity contribution in [2.45, 2.75) is 58.4 Å². The summed E-state index contributed by atoms with van der Waals surface area (Å²) in [6.07, 6.45) is 6.14. The summed E-state index contributed by atoms with van der Waals surface area (Å²) in [5.74, 6) is 0.793. The van der Waals surface area contributed by atoms with Crippen LogP contribution in [0.2, 0.25) is 0 Å². The monoisotopic (exact) mass is 268 g/mol. The number of hydrogen-bond acceptors (Lipinski definition) is 2. The summed E-state index contributed by atoms with van der Waals surface area (Å²) in [6, 6.07) is 0.334. The predicted molar refractivity (Wildman–Crippen MR) is 77.3 cm³/mol. The van der Waals surface area contributed by atoms with Crippen LogP contribution in [0, 0.1) is 11.3 Å². The summed E-state index contributed by atoms with van der Waals surface area (Å²) >= 11 is 5.21. The summed E-state index contributed by atoms with van der Waals surface area (Å²) in [5, 5.41) is 0. The van der Waals surface area contributed by atoms with E-state index in [0.29, 0.717) is 16.9 Å². The van der Waals surface area contributed by atoms with Gasteiger partial charge in [0.2, 0.25) is 5.91 Å². The predicted octanol–water partition coefficient (Wildman–Crippen LogP) is 2.48. The van der Waals surface area contributed by atoms with Crippen molar-refractivity contribution >= 4 is 23.1 Å². The molecule has 2 aliphatic rings. The third-order valence-corrected chi connectivity index (χ3v) is 5.11. The summed E-state index contributed by atoms with van der Waals surface area (Å²) in [5.41, 5.74) is 5.38. The highest BCUT2D eigenvalue weighted by Gasteiger charge is 2.47. The summed E-state index contributed by atoms with van der Waals surface area (Å²) in [7, 11) is 0. The molecule has 102 valence electrons. The largest absolute Gasteiger partial charge is 0.392 e. The minimum Gasteiger partial charge on any atom is -0.392 e. The van der Waals surface area contributed by atoms with Crippen LogP contribution in [0.5, 0.6) is 0 Å². The van der Waals surface area contributed by atoms with Crippen molar-refractivity contribution in [3.8, 4) is 0 Å². The van der Waals surface area contributed by atoms with Gasteiger partial charge in [-0.15, -0.1) is 0 Å². The highest BCUT2D eigenvalue weighted by Crippen LogP contribution is 2.41. The smallest absolute Gasteiger partial charge is 0.235 e. The van der Waals surface area contributed by atoms with Crippen molar-refractivity contribution in [3.05, 3.63) is 0 Å². The van der Waals surface area contributed by atoms with Gasteiger partial charge in [0, 0.05) is 12.6 Å². The van der Waals surface area contributed by atoms with Crippen molar-refractivity contribution in [3.63, 3.8) is 0 Å². The first-order chi connectivity index (χ1) is 8.47. The number of carbonyl (C=O) groups is 1. The molecule has 3 nitrogen and oxygen atoms in total. The zero-order valence-electron chi connectivity index (χ0n) is 11.4. The Morgan fingerprint density at radius 1 is 1.28 bits per heavy atom. The number of rotatable bonds is 2. The Morgan fingerprint density at radius 2 is 1.89 bits per heavy atom. The van der Waals surface area contributed by atoms with E-state index in [9.17, 15) is 4.79 Å². The number of carbonyl (C=O) groups excluding carboxylic acids is 1. The maximum atomic E-state index is 12.9. The standard InChI is InChI=1S/C14H24N2OS/c1-10-5-6-11(2)16(9-10)13(17)14(12(15)18)7-3-4-8-14/h10-11H,3-9H2,1-2H3,(H2,15,18). The molecule has 1 amide bonds. The van der Waals surface area contributed by atoms with E-state index in [1.807, 2.05) is 4.90 Å². The van der Waals surface area contributed by atoms with Crippen LogP contribution < -0.4 is 5.73 Å². The van der Waals surface area contributed by atoms with Crippen LogP contribution in [-0.4, -0.2) is 28.4 Å². The van der Waals surface area contributed by atoms with Gasteiger partial charge in [0.05, 0.1) is 10.4 Å². The molecule has 18 heavy (non-hydrogen) atoms. The third kappa shape index (κ3) is 2.27. The van der Waals surface area contributed by atoms with Crippen LogP contribution in [0.3, 0.4) is 0 Å². The van der Waals surface area contributed by atoms with Crippen LogP contribution in [0.4, 0.5) is 0 Å². The number of likely N-dealkylation sites (tertiary alicyclic amines) is 1. The fourth-order valence-electron chi connectivity index (χ4n) is 3.39. The molecular weight excluding hydrogens is 244 g/mol. The maximum Gasteiger partial charge on any atom is 0.235 e. The fraction of sp³-hybridized carbons (Fsp3) is 0.857. The molecule has 2 unspecified atom stereocenters. The normalized spacial score (nSPS) is 31.3. The number of hydrogen-bond donors (Lipinski definition) is 1. The first-order valence-electron chi connectivity index (χ1n) is 7.08. The first kappa shape index (κ1) is 13.8. The molecule has 1 heterocycles. The molecule has 1 aliphatic heterocycles. The molecule has 2 atom stereocenters. The van der Waals surface area contributed by atoms with E-state index < -0.39 is 5.41 Å². The Balaban J connectivity index is 2.20. The molecule has 1 aliphatic carbocycles. The number of piperidine rings is 1. The van der Waals surface area contributed by atoms with E-state index in [1.54, 1.807) is 0 Å². The van der Waals surface area contributed by atoms with Crippen molar-refractivity contribution in [2.75, 3.05) is 6.54 Å². The molecule has 0 aromatic carbocycles. The lowest BCUT2D eigenvalue weighted by Crippen LogP contribution is -2.54. The second kappa shape index (κ2) is 5.16. The van der Waals surface area contributed by atoms with Crippen molar-refractivity contribution < 1.29 is 4.79 Å². The van der Waals surface area contributed by atoms with Crippen molar-refractivity contribution in [1.82, 2.24) is 4.90 Å². The molecule has 0 radical (unpaired) electrons. The first-order valence-corrected chi connectivity index (χ1v) is 7.49. The van der Waals surface area contributed by atoms with E-state index in [-0.39, 0.29) is 5.91 Å². The Labute approximate surface area is 115 Å². The molecule has 2 fully saturated rings. The third-order valence-electron chi connectivity index (χ3n) is 4.72. The molecule has 2 N–H and O–H groups in total. The zero-order chi connectivity index (χ0) is 13.3. The number of nitrogens with two attached hydrogens (primary N) is 1. The Kier molecular flexibility index (Phi) is 3.95. The van der Waals surface area contributed by atoms with Gasteiger partial charge in [0.25, 0.3) is 0 Å². The van der Waals surface area contributed by atoms with Gasteiger partial charge in [-0.05, 0) is 38.5 Å². The van der Waals surface area contributed by atoms with Gasteiger partial charge in [-0.25, -0.2) is 0 Å². The average molecular weight is 268 g/mol. The topological polar surface area (TPSA) is 46.3 Å². The van der Waals surface area contributed by atoms with Crippen molar-refractivity contribution in [1.29, 1.82) is 0 Å². The van der Waals surface area contributed by atoms with Gasteiger partial charge in [0.15, 0.2) is 0 Å². The number of thiocarbonyl (C=S) groups is 1. The fourth-order valence-corrected chi connectivity index (χ4v) is 3.68. The SMILES string of the molecule is CC1CCC(C)N(C(=O)C2(C(N)=S)CCCC2)C1. The molecule has 1 saturated heterocycles. The molecule has 1 saturated carbocycles. The van der Waals surface area contributed by atoms with Gasteiger partial charge in [-0.1, -0.05) is 32.0 Å². The molecule has 4 heteroatoms. The Hall–Kier alpha value is -0.640. The summed E-state index contributed by atoms with van der Waals surface area (Å²) < 4.78 is 0. The maximum absolute atomic E-state index is 12.9. The number of amides is 1. The zero-order valence-corrected chi connectivity index (χ0v) is 12.3. The minimum absolute atomic E-state index is 0.201. The Bertz CT molecular complexity index is 350. The van der Waals surface area contributed by atoms with Crippen LogP contribution >= 0.6 is 12.2 Å². The minimum atomic E-state index is -0.527. The molecule has 2 rings (SSSR count). The second-order valence-corrected chi connectivity index (χ2v) is 6.58. The van der Waals surface area contributed by atoms with Gasteiger partial charge in [-0.2, -0.15) is 0 Å². The average Bonchev–Trinajstić information content (AvgIpc) is 2.82. The van der Waals surface area contributed by atoms with Gasteiger partial charge in [-0.3, -0.25) is 4.79 Å². The molecule has 0 aromatic rings. The lowest BCUT2D eigenvalue weighted by molar-refractivity contribution is -0.142. The molecule has 0 bridgehead atoms. The molecular formula is C14H24N2OS.